The van der Waals surface area contributed by atoms with Crippen LogP contribution < -0.4 is 10.1 Å². The molecule has 0 heterocycles. The molecule has 2 aromatic carbocycles. The summed E-state index contributed by atoms with van der Waals surface area (Å²) in [6.07, 6.45) is 6.30. The zero-order valence-electron chi connectivity index (χ0n) is 16.6. The van der Waals surface area contributed by atoms with E-state index in [0.717, 1.165) is 6.54 Å². The highest BCUT2D eigenvalue weighted by atomic mass is 16.5. The molecule has 0 bridgehead atoms. The summed E-state index contributed by atoms with van der Waals surface area (Å²) in [4.78, 5) is 26.8. The van der Waals surface area contributed by atoms with E-state index in [2.05, 4.69) is 5.32 Å². The number of ether oxygens (including phenoxy) is 1. The number of nitrogens with zero attached hydrogens (tertiary/aromatic N) is 1. The first-order valence-corrected chi connectivity index (χ1v) is 9.88. The molecule has 0 aliphatic heterocycles. The van der Waals surface area contributed by atoms with Crippen molar-refractivity contribution in [3.05, 3.63) is 59.7 Å². The van der Waals surface area contributed by atoms with Crippen molar-refractivity contribution >= 4 is 17.5 Å². The molecule has 5 nitrogen and oxygen atoms in total. The fourth-order valence-corrected chi connectivity index (χ4v) is 3.70. The van der Waals surface area contributed by atoms with E-state index < -0.39 is 0 Å². The van der Waals surface area contributed by atoms with E-state index in [1.165, 1.54) is 32.1 Å². The third kappa shape index (κ3) is 5.12. The Labute approximate surface area is 166 Å². The van der Waals surface area contributed by atoms with Crippen LogP contribution in [0.1, 0.15) is 52.8 Å². The molecule has 0 radical (unpaired) electrons. The fourth-order valence-electron chi connectivity index (χ4n) is 3.70. The molecule has 1 aliphatic carbocycles. The third-order valence-corrected chi connectivity index (χ3v) is 5.35. The molecular weight excluding hydrogens is 352 g/mol. The van der Waals surface area contributed by atoms with E-state index in [9.17, 15) is 9.59 Å². The summed E-state index contributed by atoms with van der Waals surface area (Å²) in [5, 5.41) is 2.85. The Kier molecular flexibility index (Phi) is 6.69. The first kappa shape index (κ1) is 19.9. The van der Waals surface area contributed by atoms with Gasteiger partial charge < -0.3 is 15.0 Å². The topological polar surface area (TPSA) is 58.6 Å². The monoisotopic (exact) mass is 380 g/mol. The van der Waals surface area contributed by atoms with E-state index in [-0.39, 0.29) is 11.8 Å². The molecule has 28 heavy (non-hydrogen) atoms. The third-order valence-electron chi connectivity index (χ3n) is 5.35. The van der Waals surface area contributed by atoms with Crippen LogP contribution >= 0.6 is 0 Å². The number of methoxy groups -OCH3 is 1. The second-order valence-corrected chi connectivity index (χ2v) is 7.45. The molecule has 1 aliphatic rings. The van der Waals surface area contributed by atoms with Crippen LogP contribution in [0.25, 0.3) is 0 Å². The average molecular weight is 380 g/mol. The van der Waals surface area contributed by atoms with Crippen LogP contribution in [0.5, 0.6) is 5.75 Å². The molecule has 148 valence electrons. The summed E-state index contributed by atoms with van der Waals surface area (Å²) in [5.74, 6) is 1.15. The normalized spacial score (nSPS) is 14.4. The first-order valence-electron chi connectivity index (χ1n) is 9.88. The van der Waals surface area contributed by atoms with E-state index in [4.69, 9.17) is 4.74 Å². The standard InChI is InChI=1S/C23H28N2O3/c1-25(16-17-6-4-3-5-7-17)23(27)19-8-12-20(13-9-19)24-22(26)18-10-14-21(28-2)15-11-18/h8-15,17H,3-7,16H2,1-2H3,(H,24,26). The van der Waals surface area contributed by atoms with E-state index in [0.29, 0.717) is 28.5 Å². The Balaban J connectivity index is 1.57. The number of benzene rings is 2. The van der Waals surface area contributed by atoms with Crippen LogP contribution in [0, 0.1) is 5.92 Å². The van der Waals surface area contributed by atoms with Crippen molar-refractivity contribution in [2.45, 2.75) is 32.1 Å². The highest BCUT2D eigenvalue weighted by Crippen LogP contribution is 2.24. The predicted octanol–water partition coefficient (Wildman–Crippen LogP) is 4.60. The second-order valence-electron chi connectivity index (χ2n) is 7.45. The number of carbonyl (C=O) groups excluding carboxylic acids is 2. The highest BCUT2D eigenvalue weighted by Gasteiger charge is 2.19. The van der Waals surface area contributed by atoms with Gasteiger partial charge in [-0.2, -0.15) is 0 Å². The molecular formula is C23H28N2O3. The van der Waals surface area contributed by atoms with Crippen molar-refractivity contribution in [3.63, 3.8) is 0 Å². The van der Waals surface area contributed by atoms with Gasteiger partial charge >= 0.3 is 0 Å². The van der Waals surface area contributed by atoms with Crippen LogP contribution in [0.4, 0.5) is 5.69 Å². The zero-order valence-corrected chi connectivity index (χ0v) is 16.6. The summed E-state index contributed by atoms with van der Waals surface area (Å²) >= 11 is 0. The number of amides is 2. The number of nitrogens with one attached hydrogen (secondary N) is 1. The summed E-state index contributed by atoms with van der Waals surface area (Å²) < 4.78 is 5.10. The molecule has 2 amide bonds. The summed E-state index contributed by atoms with van der Waals surface area (Å²) in [6.45, 7) is 0.814. The van der Waals surface area contributed by atoms with Gasteiger partial charge in [-0.15, -0.1) is 0 Å². The molecule has 0 saturated heterocycles. The molecule has 2 aromatic rings. The maximum Gasteiger partial charge on any atom is 0.255 e. The van der Waals surface area contributed by atoms with Gasteiger partial charge in [-0.3, -0.25) is 9.59 Å². The summed E-state index contributed by atoms with van der Waals surface area (Å²) in [5.41, 5.74) is 1.85. The molecule has 0 aromatic heterocycles. The van der Waals surface area contributed by atoms with Crippen LogP contribution in [-0.2, 0) is 0 Å². The van der Waals surface area contributed by atoms with Gasteiger partial charge in [-0.05, 0) is 67.3 Å². The van der Waals surface area contributed by atoms with E-state index in [1.807, 2.05) is 11.9 Å². The van der Waals surface area contributed by atoms with Gasteiger partial charge in [-0.1, -0.05) is 19.3 Å². The predicted molar refractivity (Wildman–Crippen MR) is 111 cm³/mol. The lowest BCUT2D eigenvalue weighted by atomic mass is 9.89. The van der Waals surface area contributed by atoms with Crippen LogP contribution in [-0.4, -0.2) is 37.4 Å². The number of hydrogen-bond acceptors (Lipinski definition) is 3. The van der Waals surface area contributed by atoms with Crippen molar-refractivity contribution in [1.82, 2.24) is 4.90 Å². The minimum absolute atomic E-state index is 0.0265. The van der Waals surface area contributed by atoms with Gasteiger partial charge in [0.1, 0.15) is 5.75 Å². The Morgan fingerprint density at radius 1 is 0.964 bits per heavy atom. The smallest absolute Gasteiger partial charge is 0.255 e. The van der Waals surface area contributed by atoms with Crippen LogP contribution in [0.2, 0.25) is 0 Å². The molecule has 5 heteroatoms. The summed E-state index contributed by atoms with van der Waals surface area (Å²) in [7, 11) is 3.46. The molecule has 1 saturated carbocycles. The fraction of sp³-hybridized carbons (Fsp3) is 0.391. The van der Waals surface area contributed by atoms with Gasteiger partial charge in [0, 0.05) is 30.4 Å². The van der Waals surface area contributed by atoms with Gasteiger partial charge in [0.25, 0.3) is 11.8 Å². The number of carbonyl (C=O) groups is 2. The lowest BCUT2D eigenvalue weighted by Gasteiger charge is -2.27. The molecule has 0 unspecified atom stereocenters. The number of hydrogen-bond donors (Lipinski definition) is 1. The van der Waals surface area contributed by atoms with E-state index >= 15 is 0 Å². The largest absolute Gasteiger partial charge is 0.497 e. The van der Waals surface area contributed by atoms with E-state index in [1.54, 1.807) is 55.6 Å². The second kappa shape index (κ2) is 9.40. The quantitative estimate of drug-likeness (QED) is 0.797. The summed E-state index contributed by atoms with van der Waals surface area (Å²) in [6, 6.07) is 14.0. The minimum Gasteiger partial charge on any atom is -0.497 e. The van der Waals surface area contributed by atoms with Gasteiger partial charge in [0.2, 0.25) is 0 Å². The maximum absolute atomic E-state index is 12.7. The number of rotatable bonds is 6. The van der Waals surface area contributed by atoms with Crippen molar-refractivity contribution in [3.8, 4) is 5.75 Å². The molecule has 0 atom stereocenters. The van der Waals surface area contributed by atoms with Crippen LogP contribution in [0.15, 0.2) is 48.5 Å². The maximum atomic E-state index is 12.7. The van der Waals surface area contributed by atoms with Crippen molar-refractivity contribution in [1.29, 1.82) is 0 Å². The highest BCUT2D eigenvalue weighted by molar-refractivity contribution is 6.04. The SMILES string of the molecule is COc1ccc(C(=O)Nc2ccc(C(=O)N(C)CC3CCCCC3)cc2)cc1. The zero-order chi connectivity index (χ0) is 19.9. The Morgan fingerprint density at radius 3 is 2.18 bits per heavy atom. The average Bonchev–Trinajstić information content (AvgIpc) is 2.74. The Hall–Kier alpha value is -2.82. The number of anilines is 1. The Morgan fingerprint density at radius 2 is 1.57 bits per heavy atom. The lowest BCUT2D eigenvalue weighted by molar-refractivity contribution is 0.0760. The Bertz CT molecular complexity index is 794. The molecule has 1 fully saturated rings. The molecule has 3 rings (SSSR count). The molecule has 0 spiro atoms. The molecule has 1 N–H and O–H groups in total. The van der Waals surface area contributed by atoms with Gasteiger partial charge in [-0.25, -0.2) is 0 Å². The van der Waals surface area contributed by atoms with Crippen molar-refractivity contribution < 1.29 is 14.3 Å². The van der Waals surface area contributed by atoms with Crippen molar-refractivity contribution in [2.24, 2.45) is 5.92 Å². The van der Waals surface area contributed by atoms with Crippen molar-refractivity contribution in [2.75, 3.05) is 26.0 Å². The van der Waals surface area contributed by atoms with Crippen LogP contribution in [0.3, 0.4) is 0 Å². The van der Waals surface area contributed by atoms with Gasteiger partial charge in [0.15, 0.2) is 0 Å². The lowest BCUT2D eigenvalue weighted by Crippen LogP contribution is -2.32. The first-order chi connectivity index (χ1) is 13.6. The van der Waals surface area contributed by atoms with Gasteiger partial charge in [0.05, 0.1) is 7.11 Å². The minimum atomic E-state index is -0.198.